The number of para-hydroxylation sites is 1. The second kappa shape index (κ2) is 2.99. The largest absolute Gasteiger partial charge is 0.383 e. The number of nitrogens with one attached hydrogen (secondary N) is 2. The van der Waals surface area contributed by atoms with Gasteiger partial charge in [0.1, 0.15) is 0 Å². The lowest BCUT2D eigenvalue weighted by molar-refractivity contribution is 0.283. The van der Waals surface area contributed by atoms with Crippen LogP contribution >= 0.6 is 0 Å². The van der Waals surface area contributed by atoms with Crippen LogP contribution in [0.25, 0.3) is 0 Å². The van der Waals surface area contributed by atoms with Crippen LogP contribution in [0.15, 0.2) is 24.3 Å². The molecule has 0 bridgehead atoms. The molecule has 2 nitrogen and oxygen atoms in total. The molecule has 1 saturated heterocycles. The van der Waals surface area contributed by atoms with Crippen LogP contribution in [0.4, 0.5) is 5.69 Å². The van der Waals surface area contributed by atoms with Gasteiger partial charge in [-0.2, -0.15) is 0 Å². The van der Waals surface area contributed by atoms with Crippen LogP contribution in [0, 0.1) is 0 Å². The van der Waals surface area contributed by atoms with E-state index in [0.29, 0.717) is 0 Å². The van der Waals surface area contributed by atoms with Crippen molar-refractivity contribution in [3.05, 3.63) is 29.8 Å². The van der Waals surface area contributed by atoms with Gasteiger partial charge in [0, 0.05) is 12.2 Å². The third-order valence-electron chi connectivity index (χ3n) is 3.52. The number of hydrogen-bond donors (Lipinski definition) is 2. The monoisotopic (exact) mass is 188 g/mol. The van der Waals surface area contributed by atoms with Crippen molar-refractivity contribution >= 4 is 5.69 Å². The molecule has 1 fully saturated rings. The number of fused-ring (bicyclic) bond motifs is 2. The predicted molar refractivity (Wildman–Crippen MR) is 58.5 cm³/mol. The van der Waals surface area contributed by atoms with E-state index in [1.165, 1.54) is 30.5 Å². The number of piperidine rings is 1. The molecule has 2 aliphatic heterocycles. The van der Waals surface area contributed by atoms with Gasteiger partial charge in [-0.25, -0.2) is 0 Å². The molecular formula is C12H16N2. The Morgan fingerprint density at radius 3 is 2.93 bits per heavy atom. The fraction of sp³-hybridized carbons (Fsp3) is 0.500. The van der Waals surface area contributed by atoms with Gasteiger partial charge in [-0.05, 0) is 37.4 Å². The first kappa shape index (κ1) is 8.30. The predicted octanol–water partition coefficient (Wildman–Crippen LogP) is 2.08. The minimum Gasteiger partial charge on any atom is -0.383 e. The SMILES string of the molecule is c1ccc2c(c1)NCC21CCCCN1. The quantitative estimate of drug-likeness (QED) is 0.651. The van der Waals surface area contributed by atoms with Crippen molar-refractivity contribution in [2.45, 2.75) is 24.8 Å². The molecule has 1 spiro atoms. The van der Waals surface area contributed by atoms with E-state index < -0.39 is 0 Å². The molecule has 0 aromatic heterocycles. The molecule has 3 rings (SSSR count). The average molecular weight is 188 g/mol. The zero-order valence-electron chi connectivity index (χ0n) is 8.34. The second-order valence-corrected chi connectivity index (χ2v) is 4.37. The van der Waals surface area contributed by atoms with Gasteiger partial charge >= 0.3 is 0 Å². The fourth-order valence-corrected chi connectivity index (χ4v) is 2.74. The summed E-state index contributed by atoms with van der Waals surface area (Å²) in [4.78, 5) is 0. The maximum atomic E-state index is 3.69. The lowest BCUT2D eigenvalue weighted by Crippen LogP contribution is -2.47. The summed E-state index contributed by atoms with van der Waals surface area (Å²) in [6.45, 7) is 2.22. The Bertz CT molecular complexity index is 334. The minimum atomic E-state index is 0.245. The number of hydrogen-bond acceptors (Lipinski definition) is 2. The third-order valence-corrected chi connectivity index (χ3v) is 3.52. The van der Waals surface area contributed by atoms with E-state index >= 15 is 0 Å². The highest BCUT2D eigenvalue weighted by Crippen LogP contribution is 2.39. The van der Waals surface area contributed by atoms with Crippen LogP contribution < -0.4 is 10.6 Å². The molecule has 1 aromatic carbocycles. The summed E-state index contributed by atoms with van der Waals surface area (Å²) in [5.74, 6) is 0. The van der Waals surface area contributed by atoms with Gasteiger partial charge in [0.15, 0.2) is 0 Å². The van der Waals surface area contributed by atoms with Gasteiger partial charge in [-0.3, -0.25) is 0 Å². The van der Waals surface area contributed by atoms with Gasteiger partial charge in [-0.15, -0.1) is 0 Å². The van der Waals surface area contributed by atoms with Crippen molar-refractivity contribution in [1.29, 1.82) is 0 Å². The van der Waals surface area contributed by atoms with E-state index in [-0.39, 0.29) is 5.54 Å². The fourth-order valence-electron chi connectivity index (χ4n) is 2.74. The Balaban J connectivity index is 2.03. The van der Waals surface area contributed by atoms with Crippen LogP contribution in [0.5, 0.6) is 0 Å². The van der Waals surface area contributed by atoms with Crippen LogP contribution in [0.3, 0.4) is 0 Å². The number of benzene rings is 1. The Labute approximate surface area is 84.7 Å². The zero-order chi connectivity index (χ0) is 9.43. The minimum absolute atomic E-state index is 0.245. The van der Waals surface area contributed by atoms with E-state index in [4.69, 9.17) is 0 Å². The van der Waals surface area contributed by atoms with E-state index in [9.17, 15) is 0 Å². The molecule has 1 atom stereocenters. The molecule has 0 aliphatic carbocycles. The molecule has 74 valence electrons. The normalized spacial score (nSPS) is 30.0. The van der Waals surface area contributed by atoms with Gasteiger partial charge in [0.2, 0.25) is 0 Å². The summed E-state index contributed by atoms with van der Waals surface area (Å²) in [7, 11) is 0. The van der Waals surface area contributed by atoms with Gasteiger partial charge in [0.05, 0.1) is 5.54 Å². The standard InChI is InChI=1S/C12H16N2/c1-2-6-11-10(5-1)12(9-13-11)7-3-4-8-14-12/h1-2,5-6,13-14H,3-4,7-9H2. The highest BCUT2D eigenvalue weighted by Gasteiger charge is 2.38. The molecule has 2 aliphatic rings. The van der Waals surface area contributed by atoms with Gasteiger partial charge in [0.25, 0.3) is 0 Å². The summed E-state index contributed by atoms with van der Waals surface area (Å²) < 4.78 is 0. The van der Waals surface area contributed by atoms with E-state index in [1.54, 1.807) is 0 Å². The van der Waals surface area contributed by atoms with Crippen molar-refractivity contribution in [2.75, 3.05) is 18.4 Å². The van der Waals surface area contributed by atoms with Gasteiger partial charge in [-0.1, -0.05) is 18.2 Å². The first-order valence-corrected chi connectivity index (χ1v) is 5.49. The van der Waals surface area contributed by atoms with Crippen molar-refractivity contribution in [3.63, 3.8) is 0 Å². The lowest BCUT2D eigenvalue weighted by Gasteiger charge is -2.34. The Morgan fingerprint density at radius 1 is 1.14 bits per heavy atom. The first-order valence-electron chi connectivity index (χ1n) is 5.49. The summed E-state index contributed by atoms with van der Waals surface area (Å²) >= 11 is 0. The van der Waals surface area contributed by atoms with E-state index in [1.807, 2.05) is 0 Å². The molecule has 1 unspecified atom stereocenters. The Hall–Kier alpha value is -1.02. The van der Waals surface area contributed by atoms with Crippen molar-refractivity contribution in [2.24, 2.45) is 0 Å². The summed E-state index contributed by atoms with van der Waals surface area (Å²) in [5, 5.41) is 7.19. The second-order valence-electron chi connectivity index (χ2n) is 4.37. The molecule has 0 amide bonds. The maximum absolute atomic E-state index is 3.69. The van der Waals surface area contributed by atoms with Crippen LogP contribution in [-0.2, 0) is 5.54 Å². The molecule has 2 N–H and O–H groups in total. The van der Waals surface area contributed by atoms with Crippen LogP contribution in [0.1, 0.15) is 24.8 Å². The number of anilines is 1. The van der Waals surface area contributed by atoms with E-state index in [2.05, 4.69) is 34.9 Å². The molecular weight excluding hydrogens is 172 g/mol. The third kappa shape index (κ3) is 1.07. The Morgan fingerprint density at radius 2 is 2.07 bits per heavy atom. The Kier molecular flexibility index (Phi) is 1.77. The molecule has 2 heteroatoms. The highest BCUT2D eigenvalue weighted by atomic mass is 15.1. The van der Waals surface area contributed by atoms with Crippen LogP contribution in [0.2, 0.25) is 0 Å². The summed E-state index contributed by atoms with van der Waals surface area (Å²) in [6, 6.07) is 8.69. The maximum Gasteiger partial charge on any atom is 0.0630 e. The summed E-state index contributed by atoms with van der Waals surface area (Å²) in [5.41, 5.74) is 3.04. The average Bonchev–Trinajstić information content (AvgIpc) is 2.60. The first-order chi connectivity index (χ1) is 6.91. The molecule has 0 radical (unpaired) electrons. The number of rotatable bonds is 0. The zero-order valence-corrected chi connectivity index (χ0v) is 8.34. The molecule has 1 aromatic rings. The van der Waals surface area contributed by atoms with Crippen molar-refractivity contribution in [1.82, 2.24) is 5.32 Å². The molecule has 0 saturated carbocycles. The molecule has 14 heavy (non-hydrogen) atoms. The highest BCUT2D eigenvalue weighted by molar-refractivity contribution is 5.60. The smallest absolute Gasteiger partial charge is 0.0630 e. The summed E-state index contributed by atoms with van der Waals surface area (Å²) in [6.07, 6.45) is 3.95. The molecule has 2 heterocycles. The van der Waals surface area contributed by atoms with Crippen molar-refractivity contribution < 1.29 is 0 Å². The lowest BCUT2D eigenvalue weighted by atomic mass is 9.84. The van der Waals surface area contributed by atoms with Crippen LogP contribution in [-0.4, -0.2) is 13.1 Å². The van der Waals surface area contributed by atoms with Gasteiger partial charge < -0.3 is 10.6 Å². The van der Waals surface area contributed by atoms with Crippen molar-refractivity contribution in [3.8, 4) is 0 Å². The topological polar surface area (TPSA) is 24.1 Å². The van der Waals surface area contributed by atoms with E-state index in [0.717, 1.165) is 13.1 Å².